The third kappa shape index (κ3) is 6.52. The Bertz CT molecular complexity index is 674. The van der Waals surface area contributed by atoms with Gasteiger partial charge in [0.15, 0.2) is 9.67 Å². The molecule has 10 heteroatoms. The highest BCUT2D eigenvalue weighted by atomic mass is 35.5. The summed E-state index contributed by atoms with van der Waals surface area (Å²) in [6, 6.07) is 0. The molecule has 0 N–H and O–H groups in total. The predicted molar refractivity (Wildman–Crippen MR) is 123 cm³/mol. The summed E-state index contributed by atoms with van der Waals surface area (Å²) in [4.78, 5) is 38.2. The number of fused-ring (bicyclic) bond motifs is 1. The van der Waals surface area contributed by atoms with Crippen LogP contribution in [0.2, 0.25) is 0 Å². The van der Waals surface area contributed by atoms with E-state index in [9.17, 15) is 14.4 Å². The molecule has 1 atom stereocenters. The lowest BCUT2D eigenvalue weighted by Gasteiger charge is -2.54. The van der Waals surface area contributed by atoms with Crippen molar-refractivity contribution in [2.24, 2.45) is 5.41 Å². The Hall–Kier alpha value is -0.950. The van der Waals surface area contributed by atoms with Gasteiger partial charge in [0.05, 0.1) is 0 Å². The average molecular weight is 501 g/mol. The molecule has 2 aliphatic rings. The number of rotatable bonds is 6. The number of carbonyl (C=O) groups excluding carboxylic acids is 3. The molecule has 2 aliphatic heterocycles. The topological polar surface area (TPSA) is 60.9 Å². The van der Waals surface area contributed by atoms with Crippen LogP contribution in [0.5, 0.6) is 0 Å². The highest BCUT2D eigenvalue weighted by Gasteiger charge is 2.54. The van der Waals surface area contributed by atoms with Crippen molar-refractivity contribution in [1.82, 2.24) is 14.7 Å². The fourth-order valence-electron chi connectivity index (χ4n) is 3.64. The second-order valence-corrected chi connectivity index (χ2v) is 10.4. The molecule has 30 heavy (non-hydrogen) atoms. The van der Waals surface area contributed by atoms with Gasteiger partial charge in [0.2, 0.25) is 5.91 Å². The van der Waals surface area contributed by atoms with E-state index in [1.165, 1.54) is 4.90 Å². The Kier molecular flexibility index (Phi) is 10.00. The van der Waals surface area contributed by atoms with E-state index in [0.29, 0.717) is 39.0 Å². The Morgan fingerprint density at radius 1 is 1.07 bits per heavy atom. The Morgan fingerprint density at radius 3 is 2.03 bits per heavy atom. The second kappa shape index (κ2) is 11.1. The van der Waals surface area contributed by atoms with Gasteiger partial charge in [0, 0.05) is 38.0 Å². The highest BCUT2D eigenvalue weighted by Crippen LogP contribution is 2.42. The number of hydrogen-bond donors (Lipinski definition) is 0. The summed E-state index contributed by atoms with van der Waals surface area (Å²) in [5.74, 6) is -0.532. The smallest absolute Gasteiger partial charge is 0.257 e. The van der Waals surface area contributed by atoms with Crippen molar-refractivity contribution < 1.29 is 14.4 Å². The summed E-state index contributed by atoms with van der Waals surface area (Å²) in [7, 11) is 0. The Morgan fingerprint density at radius 2 is 1.60 bits per heavy atom. The molecule has 2 rings (SSSR count). The second-order valence-electron chi connectivity index (χ2n) is 8.21. The number of carbonyl (C=O) groups is 3. The Labute approximate surface area is 198 Å². The zero-order chi connectivity index (χ0) is 23.3. The van der Waals surface area contributed by atoms with E-state index in [1.807, 2.05) is 20.8 Å². The maximum Gasteiger partial charge on any atom is 0.257 e. The minimum absolute atomic E-state index is 0.101. The summed E-state index contributed by atoms with van der Waals surface area (Å²) in [5, 5.41) is 0. The van der Waals surface area contributed by atoms with Crippen molar-refractivity contribution in [2.75, 3.05) is 26.2 Å². The monoisotopic (exact) mass is 499 g/mol. The molecule has 3 amide bonds. The molecule has 0 aliphatic carbocycles. The standard InChI is InChI=1S/C12H18Cl2N2O2.C8H11Cl2NO/c1-11(2)6-15-8(17)4-5-12(15,3)16(7-11)10(18)9(13)14;1-3-5-11(6-4-2)8(12)7(9)10/h9H,4-7H2,1-3H3;3-4,7H,1-2,5-6H2. The summed E-state index contributed by atoms with van der Waals surface area (Å²) in [5.41, 5.74) is -0.705. The van der Waals surface area contributed by atoms with E-state index >= 15 is 0 Å². The molecular weight excluding hydrogens is 472 g/mol. The molecule has 0 bridgehead atoms. The zero-order valence-electron chi connectivity index (χ0n) is 17.5. The molecule has 2 saturated heterocycles. The lowest BCUT2D eigenvalue weighted by atomic mass is 9.86. The zero-order valence-corrected chi connectivity index (χ0v) is 20.6. The first-order valence-corrected chi connectivity index (χ1v) is 11.2. The van der Waals surface area contributed by atoms with Crippen LogP contribution >= 0.6 is 46.4 Å². The van der Waals surface area contributed by atoms with Gasteiger partial charge >= 0.3 is 0 Å². The summed E-state index contributed by atoms with van der Waals surface area (Å²) in [6.45, 7) is 15.1. The van der Waals surface area contributed by atoms with Crippen molar-refractivity contribution in [2.45, 2.75) is 48.9 Å². The molecule has 1 unspecified atom stereocenters. The highest BCUT2D eigenvalue weighted by molar-refractivity contribution is 6.53. The van der Waals surface area contributed by atoms with Crippen molar-refractivity contribution in [3.05, 3.63) is 25.3 Å². The minimum atomic E-state index is -1.08. The van der Waals surface area contributed by atoms with Gasteiger partial charge in [-0.25, -0.2) is 0 Å². The van der Waals surface area contributed by atoms with Gasteiger partial charge in [0.1, 0.15) is 5.66 Å². The molecule has 2 fully saturated rings. The van der Waals surface area contributed by atoms with Gasteiger partial charge < -0.3 is 14.7 Å². The van der Waals surface area contributed by atoms with Gasteiger partial charge in [-0.1, -0.05) is 72.4 Å². The van der Waals surface area contributed by atoms with E-state index < -0.39 is 15.3 Å². The normalized spacial score (nSPS) is 22.4. The number of nitrogens with zero attached hydrogens (tertiary/aromatic N) is 3. The van der Waals surface area contributed by atoms with E-state index in [4.69, 9.17) is 46.4 Å². The summed E-state index contributed by atoms with van der Waals surface area (Å²) < 4.78 is 0. The van der Waals surface area contributed by atoms with Crippen LogP contribution in [0.1, 0.15) is 33.6 Å². The Balaban J connectivity index is 0.000000329. The van der Waals surface area contributed by atoms with Gasteiger partial charge in [-0.15, -0.1) is 13.2 Å². The van der Waals surface area contributed by atoms with E-state index in [2.05, 4.69) is 13.2 Å². The number of halogens is 4. The van der Waals surface area contributed by atoms with Gasteiger partial charge in [-0.2, -0.15) is 0 Å². The molecule has 2 heterocycles. The molecule has 0 aromatic heterocycles. The average Bonchev–Trinajstić information content (AvgIpc) is 2.94. The van der Waals surface area contributed by atoms with Gasteiger partial charge in [-0.3, -0.25) is 14.4 Å². The fourth-order valence-corrected chi connectivity index (χ4v) is 4.15. The van der Waals surface area contributed by atoms with Crippen molar-refractivity contribution in [3.63, 3.8) is 0 Å². The third-order valence-electron chi connectivity index (χ3n) is 5.10. The number of amides is 3. The van der Waals surface area contributed by atoms with E-state index in [0.717, 1.165) is 0 Å². The van der Waals surface area contributed by atoms with Crippen molar-refractivity contribution in [1.29, 1.82) is 0 Å². The SMILES string of the molecule is C=CCN(CC=C)C(=O)C(Cl)Cl.CC1(C)CN2C(=O)CCC2(C)N(C(=O)C(Cl)Cl)C1. The maximum absolute atomic E-state index is 12.2. The van der Waals surface area contributed by atoms with Crippen molar-refractivity contribution >= 4 is 64.1 Å². The molecule has 0 saturated carbocycles. The van der Waals surface area contributed by atoms with Gasteiger partial charge in [-0.05, 0) is 13.3 Å². The molecule has 0 aromatic rings. The van der Waals surface area contributed by atoms with E-state index in [-0.39, 0.29) is 23.1 Å². The lowest BCUT2D eigenvalue weighted by molar-refractivity contribution is -0.163. The number of alkyl halides is 4. The van der Waals surface area contributed by atoms with Crippen LogP contribution in [0, 0.1) is 5.41 Å². The quantitative estimate of drug-likeness (QED) is 0.409. The fraction of sp³-hybridized carbons (Fsp3) is 0.650. The van der Waals surface area contributed by atoms with Crippen LogP contribution in [-0.4, -0.2) is 73.9 Å². The lowest BCUT2D eigenvalue weighted by Crippen LogP contribution is -2.67. The van der Waals surface area contributed by atoms with Gasteiger partial charge in [0.25, 0.3) is 11.8 Å². The van der Waals surface area contributed by atoms with Crippen LogP contribution in [-0.2, 0) is 14.4 Å². The molecule has 0 spiro atoms. The van der Waals surface area contributed by atoms with Crippen LogP contribution in [0.25, 0.3) is 0 Å². The summed E-state index contributed by atoms with van der Waals surface area (Å²) in [6.07, 6.45) is 4.34. The van der Waals surface area contributed by atoms with Crippen molar-refractivity contribution in [3.8, 4) is 0 Å². The van der Waals surface area contributed by atoms with Crippen LogP contribution in [0.4, 0.5) is 0 Å². The first kappa shape index (κ1) is 27.1. The van der Waals surface area contributed by atoms with Crippen LogP contribution in [0.3, 0.4) is 0 Å². The van der Waals surface area contributed by atoms with Crippen LogP contribution in [0.15, 0.2) is 25.3 Å². The summed E-state index contributed by atoms with van der Waals surface area (Å²) >= 11 is 22.2. The third-order valence-corrected chi connectivity index (χ3v) is 5.85. The molecule has 0 radical (unpaired) electrons. The first-order valence-electron chi connectivity index (χ1n) is 9.49. The molecule has 6 nitrogen and oxygen atoms in total. The van der Waals surface area contributed by atoms with Crippen LogP contribution < -0.4 is 0 Å². The minimum Gasteiger partial charge on any atom is -0.333 e. The predicted octanol–water partition coefficient (Wildman–Crippen LogP) is 3.99. The molecular formula is C20H29Cl4N3O3. The molecule has 170 valence electrons. The maximum atomic E-state index is 12.2. The molecule has 0 aromatic carbocycles. The first-order chi connectivity index (χ1) is 13.8. The van der Waals surface area contributed by atoms with E-state index in [1.54, 1.807) is 22.0 Å². The largest absolute Gasteiger partial charge is 0.333 e. The number of hydrogen-bond acceptors (Lipinski definition) is 3.